The molecule has 6 heteroatoms. The smallest absolute Gasteiger partial charge is 0.251 e. The predicted molar refractivity (Wildman–Crippen MR) is 99.8 cm³/mol. The van der Waals surface area contributed by atoms with Crippen LogP contribution in [-0.4, -0.2) is 20.6 Å². The number of nitrogens with one attached hydrogen (secondary N) is 1. The van der Waals surface area contributed by atoms with Crippen LogP contribution in [0.25, 0.3) is 0 Å². The van der Waals surface area contributed by atoms with Crippen LogP contribution in [0.5, 0.6) is 5.75 Å². The number of carbonyl (C=O) groups is 1. The van der Waals surface area contributed by atoms with Crippen LogP contribution in [0.4, 0.5) is 0 Å². The molecule has 1 aromatic heterocycles. The molecule has 3 aromatic rings. The summed E-state index contributed by atoms with van der Waals surface area (Å²) < 4.78 is 3.19. The van der Waals surface area contributed by atoms with Crippen molar-refractivity contribution in [2.45, 2.75) is 13.1 Å². The first kappa shape index (κ1) is 16.5. The van der Waals surface area contributed by atoms with Crippen LogP contribution in [0.2, 0.25) is 0 Å². The summed E-state index contributed by atoms with van der Waals surface area (Å²) in [7, 11) is 0. The number of phenolic OH excluding ortho intramolecular Hbond substituents is 1. The van der Waals surface area contributed by atoms with E-state index in [2.05, 4.69) is 45.0 Å². The third kappa shape index (κ3) is 4.14. The molecule has 24 heavy (non-hydrogen) atoms. The van der Waals surface area contributed by atoms with Crippen LogP contribution in [0.1, 0.15) is 21.6 Å². The maximum Gasteiger partial charge on any atom is 0.251 e. The fourth-order valence-electron chi connectivity index (χ4n) is 2.39. The van der Waals surface area contributed by atoms with Crippen molar-refractivity contribution in [3.05, 3.63) is 81.4 Å². The molecule has 0 saturated carbocycles. The average molecular weight is 433 g/mol. The number of hydrogen-bond donors (Lipinski definition) is 2. The van der Waals surface area contributed by atoms with Gasteiger partial charge >= 0.3 is 0 Å². The number of halogens is 1. The predicted octanol–water partition coefficient (Wildman–Crippen LogP) is 3.17. The number of aromatic hydroxyl groups is 1. The van der Waals surface area contributed by atoms with Gasteiger partial charge in [-0.1, -0.05) is 18.2 Å². The van der Waals surface area contributed by atoms with Crippen LogP contribution >= 0.6 is 22.6 Å². The first-order valence-corrected chi connectivity index (χ1v) is 8.50. The second-order valence-corrected chi connectivity index (χ2v) is 6.62. The number of carbonyl (C=O) groups excluding carboxylic acids is 1. The molecular weight excluding hydrogens is 417 g/mol. The summed E-state index contributed by atoms with van der Waals surface area (Å²) in [4.78, 5) is 16.3. The highest BCUT2D eigenvalue weighted by molar-refractivity contribution is 14.1. The standard InChI is InChI=1S/C18H16IN3O2/c19-15-5-1-3-13(7-15)11-22-12-20-9-16(22)10-21-18(24)14-4-2-6-17(23)8-14/h1-9,12,23H,10-11H2,(H,21,24). The molecule has 1 amide bonds. The molecule has 122 valence electrons. The van der Waals surface area contributed by atoms with Gasteiger partial charge in [0.1, 0.15) is 5.75 Å². The molecule has 5 nitrogen and oxygen atoms in total. The van der Waals surface area contributed by atoms with Gasteiger partial charge in [-0.15, -0.1) is 0 Å². The van der Waals surface area contributed by atoms with Gasteiger partial charge < -0.3 is 15.0 Å². The normalized spacial score (nSPS) is 10.5. The quantitative estimate of drug-likeness (QED) is 0.608. The summed E-state index contributed by atoms with van der Waals surface area (Å²) in [6, 6.07) is 14.5. The summed E-state index contributed by atoms with van der Waals surface area (Å²) in [5.41, 5.74) is 2.53. The molecule has 0 aliphatic heterocycles. The lowest BCUT2D eigenvalue weighted by Crippen LogP contribution is -2.24. The lowest BCUT2D eigenvalue weighted by molar-refractivity contribution is 0.0949. The largest absolute Gasteiger partial charge is 0.508 e. The van der Waals surface area contributed by atoms with Gasteiger partial charge in [0.2, 0.25) is 0 Å². The van der Waals surface area contributed by atoms with Crippen molar-refractivity contribution in [3.8, 4) is 5.75 Å². The topological polar surface area (TPSA) is 67.2 Å². The van der Waals surface area contributed by atoms with Gasteiger partial charge in [-0.2, -0.15) is 0 Å². The molecule has 0 radical (unpaired) electrons. The minimum absolute atomic E-state index is 0.0753. The van der Waals surface area contributed by atoms with E-state index in [4.69, 9.17) is 0 Å². The van der Waals surface area contributed by atoms with Crippen molar-refractivity contribution in [3.63, 3.8) is 0 Å². The molecular formula is C18H16IN3O2. The Morgan fingerprint density at radius 3 is 2.83 bits per heavy atom. The Morgan fingerprint density at radius 1 is 1.21 bits per heavy atom. The van der Waals surface area contributed by atoms with Crippen molar-refractivity contribution >= 4 is 28.5 Å². The van der Waals surface area contributed by atoms with Crippen molar-refractivity contribution in [1.82, 2.24) is 14.9 Å². The Balaban J connectivity index is 1.66. The van der Waals surface area contributed by atoms with Crippen LogP contribution in [0, 0.1) is 3.57 Å². The van der Waals surface area contributed by atoms with Gasteiger partial charge in [0.25, 0.3) is 5.91 Å². The van der Waals surface area contributed by atoms with Crippen molar-refractivity contribution < 1.29 is 9.90 Å². The number of phenols is 1. The Kier molecular flexibility index (Phi) is 5.14. The van der Waals surface area contributed by atoms with Gasteiger partial charge in [0.05, 0.1) is 18.6 Å². The highest BCUT2D eigenvalue weighted by atomic mass is 127. The maximum atomic E-state index is 12.2. The first-order chi connectivity index (χ1) is 11.6. The van der Waals surface area contributed by atoms with Gasteiger partial charge in [0.15, 0.2) is 0 Å². The Morgan fingerprint density at radius 2 is 2.04 bits per heavy atom. The number of imidazole rings is 1. The summed E-state index contributed by atoms with van der Waals surface area (Å²) >= 11 is 2.29. The zero-order valence-corrected chi connectivity index (χ0v) is 15.0. The average Bonchev–Trinajstić information content (AvgIpc) is 3.00. The fraction of sp³-hybridized carbons (Fsp3) is 0.111. The molecule has 1 heterocycles. The minimum Gasteiger partial charge on any atom is -0.508 e. The van der Waals surface area contributed by atoms with E-state index in [1.54, 1.807) is 24.7 Å². The fourth-order valence-corrected chi connectivity index (χ4v) is 3.00. The number of amides is 1. The summed E-state index contributed by atoms with van der Waals surface area (Å²) in [5, 5.41) is 12.3. The number of benzene rings is 2. The van der Waals surface area contributed by atoms with Gasteiger partial charge in [0, 0.05) is 21.9 Å². The van der Waals surface area contributed by atoms with E-state index in [0.29, 0.717) is 18.7 Å². The summed E-state index contributed by atoms with van der Waals surface area (Å²) in [5.74, 6) is -0.153. The molecule has 3 rings (SSSR count). The number of rotatable bonds is 5. The SMILES string of the molecule is O=C(NCc1cncn1Cc1cccc(I)c1)c1cccc(O)c1. The Bertz CT molecular complexity index is 861. The molecule has 2 aromatic carbocycles. The highest BCUT2D eigenvalue weighted by Gasteiger charge is 2.08. The Hall–Kier alpha value is -2.35. The number of aromatic nitrogens is 2. The maximum absolute atomic E-state index is 12.2. The summed E-state index contributed by atoms with van der Waals surface area (Å²) in [6.45, 7) is 1.08. The number of hydrogen-bond acceptors (Lipinski definition) is 3. The van der Waals surface area contributed by atoms with Crippen LogP contribution in [-0.2, 0) is 13.1 Å². The first-order valence-electron chi connectivity index (χ1n) is 7.42. The van der Waals surface area contributed by atoms with E-state index in [-0.39, 0.29) is 11.7 Å². The molecule has 0 aliphatic rings. The molecule has 0 aliphatic carbocycles. The van der Waals surface area contributed by atoms with E-state index >= 15 is 0 Å². The molecule has 0 saturated heterocycles. The molecule has 0 unspecified atom stereocenters. The summed E-state index contributed by atoms with van der Waals surface area (Å²) in [6.07, 6.45) is 3.51. The van der Waals surface area contributed by atoms with Crippen molar-refractivity contribution in [1.29, 1.82) is 0 Å². The zero-order valence-electron chi connectivity index (χ0n) is 12.8. The number of nitrogens with zero attached hydrogens (tertiary/aromatic N) is 2. The van der Waals surface area contributed by atoms with E-state index in [1.165, 1.54) is 21.3 Å². The van der Waals surface area contributed by atoms with Crippen LogP contribution < -0.4 is 5.32 Å². The van der Waals surface area contributed by atoms with Gasteiger partial charge in [-0.3, -0.25) is 4.79 Å². The lowest BCUT2D eigenvalue weighted by atomic mass is 10.2. The second kappa shape index (κ2) is 7.48. The third-order valence-corrected chi connectivity index (χ3v) is 4.25. The second-order valence-electron chi connectivity index (χ2n) is 5.38. The van der Waals surface area contributed by atoms with E-state index in [1.807, 2.05) is 16.7 Å². The highest BCUT2D eigenvalue weighted by Crippen LogP contribution is 2.12. The minimum atomic E-state index is -0.229. The van der Waals surface area contributed by atoms with Crippen LogP contribution in [0.3, 0.4) is 0 Å². The molecule has 0 atom stereocenters. The van der Waals surface area contributed by atoms with Crippen molar-refractivity contribution in [2.75, 3.05) is 0 Å². The third-order valence-electron chi connectivity index (χ3n) is 3.58. The van der Waals surface area contributed by atoms with E-state index < -0.39 is 0 Å². The molecule has 0 bridgehead atoms. The monoisotopic (exact) mass is 433 g/mol. The van der Waals surface area contributed by atoms with Gasteiger partial charge in [-0.05, 0) is 58.5 Å². The Labute approximate surface area is 153 Å². The van der Waals surface area contributed by atoms with Crippen molar-refractivity contribution in [2.24, 2.45) is 0 Å². The molecule has 2 N–H and O–H groups in total. The molecule has 0 spiro atoms. The lowest BCUT2D eigenvalue weighted by Gasteiger charge is -2.10. The molecule has 0 fully saturated rings. The van der Waals surface area contributed by atoms with Crippen LogP contribution in [0.15, 0.2) is 61.1 Å². The van der Waals surface area contributed by atoms with E-state index in [0.717, 1.165) is 5.69 Å². The van der Waals surface area contributed by atoms with Gasteiger partial charge in [-0.25, -0.2) is 4.98 Å². The zero-order chi connectivity index (χ0) is 16.9. The van der Waals surface area contributed by atoms with E-state index in [9.17, 15) is 9.90 Å².